The van der Waals surface area contributed by atoms with Gasteiger partial charge >= 0.3 is 0 Å². The summed E-state index contributed by atoms with van der Waals surface area (Å²) in [4.78, 5) is 2.08. The number of hydrogen-bond donors (Lipinski definition) is 1. The molecular weight excluding hydrogens is 222 g/mol. The van der Waals surface area contributed by atoms with Crippen LogP contribution in [0.5, 0.6) is 0 Å². The Morgan fingerprint density at radius 1 is 1.11 bits per heavy atom. The molecule has 0 radical (unpaired) electrons. The molecule has 0 spiro atoms. The maximum Gasteiger partial charge on any atom is 0.120 e. The van der Waals surface area contributed by atoms with E-state index in [0.717, 1.165) is 23.7 Å². The van der Waals surface area contributed by atoms with Gasteiger partial charge < -0.3 is 10.6 Å². The van der Waals surface area contributed by atoms with Crippen molar-refractivity contribution >= 4 is 0 Å². The van der Waals surface area contributed by atoms with Gasteiger partial charge in [-0.15, -0.1) is 0 Å². The fourth-order valence-electron chi connectivity index (χ4n) is 5.50. The second kappa shape index (κ2) is 4.21. The third-order valence-corrected chi connectivity index (χ3v) is 5.61. The van der Waals surface area contributed by atoms with Crippen LogP contribution in [0, 0.1) is 40.9 Å². The molecule has 18 heavy (non-hydrogen) atoms. The van der Waals surface area contributed by atoms with Gasteiger partial charge in [-0.3, -0.25) is 0 Å². The summed E-state index contributed by atoms with van der Waals surface area (Å²) in [5.41, 5.74) is 5.89. The predicted molar refractivity (Wildman–Crippen MR) is 71.6 cm³/mol. The smallest absolute Gasteiger partial charge is 0.120 e. The van der Waals surface area contributed by atoms with Gasteiger partial charge in [-0.05, 0) is 75.8 Å². The molecule has 4 saturated carbocycles. The molecule has 4 bridgehead atoms. The van der Waals surface area contributed by atoms with Crippen molar-refractivity contribution in [3.8, 4) is 6.07 Å². The van der Waals surface area contributed by atoms with Crippen LogP contribution in [0.25, 0.3) is 0 Å². The fourth-order valence-corrected chi connectivity index (χ4v) is 5.50. The number of hydrogen-bond acceptors (Lipinski definition) is 3. The summed E-state index contributed by atoms with van der Waals surface area (Å²) in [5, 5.41) is 9.62. The summed E-state index contributed by atoms with van der Waals surface area (Å²) in [7, 11) is 4.05. The average molecular weight is 247 g/mol. The zero-order chi connectivity index (χ0) is 12.9. The molecule has 4 rings (SSSR count). The highest BCUT2D eigenvalue weighted by Gasteiger charge is 2.54. The van der Waals surface area contributed by atoms with Crippen LogP contribution in [-0.2, 0) is 0 Å². The summed E-state index contributed by atoms with van der Waals surface area (Å²) < 4.78 is 0. The van der Waals surface area contributed by atoms with E-state index in [0.29, 0.717) is 12.5 Å². The second-order valence-corrected chi connectivity index (χ2v) is 7.35. The second-order valence-electron chi connectivity index (χ2n) is 7.35. The molecule has 0 aromatic carbocycles. The molecule has 1 atom stereocenters. The Labute approximate surface area is 110 Å². The van der Waals surface area contributed by atoms with E-state index in [4.69, 9.17) is 5.73 Å². The summed E-state index contributed by atoms with van der Waals surface area (Å²) in [5.74, 6) is 3.80. The largest absolute Gasteiger partial charge is 0.312 e. The third kappa shape index (κ3) is 1.87. The Bertz CT molecular complexity index is 342. The molecular formula is C15H25N3. The Kier molecular flexibility index (Phi) is 2.91. The van der Waals surface area contributed by atoms with Gasteiger partial charge in [0.2, 0.25) is 0 Å². The molecule has 100 valence electrons. The monoisotopic (exact) mass is 247 g/mol. The van der Waals surface area contributed by atoms with Gasteiger partial charge in [-0.25, -0.2) is 0 Å². The van der Waals surface area contributed by atoms with E-state index in [1.165, 1.54) is 32.1 Å². The van der Waals surface area contributed by atoms with Gasteiger partial charge in [0.1, 0.15) is 5.54 Å². The summed E-state index contributed by atoms with van der Waals surface area (Å²) in [6, 6.07) is 2.47. The Morgan fingerprint density at radius 2 is 1.61 bits per heavy atom. The van der Waals surface area contributed by atoms with E-state index < -0.39 is 5.54 Å². The summed E-state index contributed by atoms with van der Waals surface area (Å²) in [6.07, 6.45) is 6.81. The van der Waals surface area contributed by atoms with Crippen molar-refractivity contribution < 1.29 is 0 Å². The van der Waals surface area contributed by atoms with Crippen molar-refractivity contribution in [1.29, 1.82) is 5.26 Å². The molecule has 0 heterocycles. The fraction of sp³-hybridized carbons (Fsp3) is 0.933. The van der Waals surface area contributed by atoms with Crippen molar-refractivity contribution in [3.63, 3.8) is 0 Å². The van der Waals surface area contributed by atoms with Crippen LogP contribution in [0.4, 0.5) is 0 Å². The lowest BCUT2D eigenvalue weighted by molar-refractivity contribution is -0.0620. The molecule has 0 aromatic rings. The topological polar surface area (TPSA) is 53.0 Å². The van der Waals surface area contributed by atoms with Crippen LogP contribution in [0.15, 0.2) is 0 Å². The molecule has 0 aromatic heterocycles. The van der Waals surface area contributed by atoms with E-state index in [2.05, 4.69) is 11.0 Å². The minimum atomic E-state index is -0.633. The molecule has 1 unspecified atom stereocenters. The van der Waals surface area contributed by atoms with Gasteiger partial charge in [0.25, 0.3) is 0 Å². The summed E-state index contributed by atoms with van der Waals surface area (Å²) in [6.45, 7) is 0.705. The van der Waals surface area contributed by atoms with E-state index in [1.807, 2.05) is 14.1 Å². The molecule has 3 nitrogen and oxygen atoms in total. The first kappa shape index (κ1) is 12.4. The average Bonchev–Trinajstić information content (AvgIpc) is 2.26. The van der Waals surface area contributed by atoms with E-state index in [9.17, 15) is 5.26 Å². The van der Waals surface area contributed by atoms with E-state index >= 15 is 0 Å². The highest BCUT2D eigenvalue weighted by atomic mass is 15.1. The van der Waals surface area contributed by atoms with Crippen molar-refractivity contribution in [2.75, 3.05) is 20.6 Å². The normalized spacial score (nSPS) is 44.9. The van der Waals surface area contributed by atoms with Gasteiger partial charge in [0.05, 0.1) is 6.07 Å². The Morgan fingerprint density at radius 3 is 2.00 bits per heavy atom. The number of nitrogens with two attached hydrogens (primary N) is 1. The highest BCUT2D eigenvalue weighted by Crippen LogP contribution is 2.58. The van der Waals surface area contributed by atoms with Gasteiger partial charge in [-0.2, -0.15) is 5.26 Å². The molecule has 3 heteroatoms. The van der Waals surface area contributed by atoms with Gasteiger partial charge in [0.15, 0.2) is 0 Å². The first-order chi connectivity index (χ1) is 8.51. The minimum absolute atomic E-state index is 0.442. The van der Waals surface area contributed by atoms with Crippen LogP contribution in [0.1, 0.15) is 32.1 Å². The zero-order valence-corrected chi connectivity index (χ0v) is 11.6. The van der Waals surface area contributed by atoms with Crippen LogP contribution < -0.4 is 5.73 Å². The standard InChI is InChI=1S/C15H25N3/c1-18(2)9-15(17,8-16)14-12-4-10-3-11(6-12)7-13(14)5-10/h10-14H,3-7,9,17H2,1-2H3. The lowest BCUT2D eigenvalue weighted by Crippen LogP contribution is -2.62. The van der Waals surface area contributed by atoms with Crippen molar-refractivity contribution in [2.24, 2.45) is 35.3 Å². The molecule has 0 amide bonds. The zero-order valence-electron chi connectivity index (χ0n) is 11.6. The number of nitrogens with zero attached hydrogens (tertiary/aromatic N) is 2. The summed E-state index contributed by atoms with van der Waals surface area (Å²) >= 11 is 0. The first-order valence-corrected chi connectivity index (χ1v) is 7.36. The molecule has 0 saturated heterocycles. The molecule has 0 aliphatic heterocycles. The van der Waals surface area contributed by atoms with Crippen molar-refractivity contribution in [3.05, 3.63) is 0 Å². The van der Waals surface area contributed by atoms with Crippen LogP contribution >= 0.6 is 0 Å². The quantitative estimate of drug-likeness (QED) is 0.828. The Hall–Kier alpha value is -0.590. The molecule has 4 fully saturated rings. The number of likely N-dealkylation sites (N-methyl/N-ethyl adjacent to an activating group) is 1. The van der Waals surface area contributed by atoms with E-state index in [1.54, 1.807) is 0 Å². The lowest BCUT2D eigenvalue weighted by Gasteiger charge is -2.57. The number of rotatable bonds is 3. The maximum atomic E-state index is 9.62. The van der Waals surface area contributed by atoms with Crippen molar-refractivity contribution in [2.45, 2.75) is 37.6 Å². The van der Waals surface area contributed by atoms with Crippen LogP contribution in [-0.4, -0.2) is 31.1 Å². The predicted octanol–water partition coefficient (Wildman–Crippen LogP) is 1.84. The van der Waals surface area contributed by atoms with Gasteiger partial charge in [-0.1, -0.05) is 0 Å². The van der Waals surface area contributed by atoms with Gasteiger partial charge in [0, 0.05) is 6.54 Å². The van der Waals surface area contributed by atoms with Crippen molar-refractivity contribution in [1.82, 2.24) is 4.90 Å². The lowest BCUT2D eigenvalue weighted by atomic mass is 9.48. The van der Waals surface area contributed by atoms with E-state index in [-0.39, 0.29) is 0 Å². The number of nitriles is 1. The SMILES string of the molecule is CN(C)CC(N)(C#N)C1C2CC3CC(C2)CC1C3. The molecule has 4 aliphatic rings. The molecule has 4 aliphatic carbocycles. The minimum Gasteiger partial charge on any atom is -0.312 e. The highest BCUT2D eigenvalue weighted by molar-refractivity contribution is 5.16. The first-order valence-electron chi connectivity index (χ1n) is 7.36. The van der Waals surface area contributed by atoms with Crippen LogP contribution in [0.3, 0.4) is 0 Å². The Balaban J connectivity index is 1.85. The maximum absolute atomic E-state index is 9.62. The molecule has 2 N–H and O–H groups in total. The third-order valence-electron chi connectivity index (χ3n) is 5.61. The van der Waals surface area contributed by atoms with Crippen LogP contribution in [0.2, 0.25) is 0 Å².